The number of esters is 1. The Morgan fingerprint density at radius 1 is 1.26 bits per heavy atom. The van der Waals surface area contributed by atoms with Crippen molar-refractivity contribution >= 4 is 39.8 Å². The summed E-state index contributed by atoms with van der Waals surface area (Å²) in [7, 11) is 0. The molecule has 1 atom stereocenters. The van der Waals surface area contributed by atoms with E-state index in [0.717, 1.165) is 42.5 Å². The normalized spacial score (nSPS) is 17.5. The fourth-order valence-corrected chi connectivity index (χ4v) is 4.31. The Morgan fingerprint density at radius 2 is 2.04 bits per heavy atom. The molecule has 142 valence electrons. The van der Waals surface area contributed by atoms with Crippen LogP contribution in [0.25, 0.3) is 0 Å². The second-order valence-electron chi connectivity index (χ2n) is 6.51. The highest BCUT2D eigenvalue weighted by molar-refractivity contribution is 7.16. The van der Waals surface area contributed by atoms with Crippen molar-refractivity contribution in [3.8, 4) is 6.07 Å². The minimum atomic E-state index is -1.05. The van der Waals surface area contributed by atoms with E-state index in [1.165, 1.54) is 18.3 Å². The van der Waals surface area contributed by atoms with E-state index in [9.17, 15) is 19.6 Å². The van der Waals surface area contributed by atoms with Crippen molar-refractivity contribution in [3.05, 3.63) is 16.0 Å². The maximum Gasteiger partial charge on any atom is 0.355 e. The molecule has 0 fully saturated rings. The highest BCUT2D eigenvalue weighted by Gasteiger charge is 2.26. The third-order valence-corrected chi connectivity index (χ3v) is 5.77. The number of nitriles is 1. The van der Waals surface area contributed by atoms with Gasteiger partial charge in [-0.25, -0.2) is 10.2 Å². The zero-order chi connectivity index (χ0) is 19.4. The van der Waals surface area contributed by atoms with Gasteiger partial charge in [-0.1, -0.05) is 6.42 Å². The average Bonchev–Trinajstić information content (AvgIpc) is 2.81. The molecular weight excluding hydrogens is 368 g/mol. The first-order chi connectivity index (χ1) is 13.0. The maximum atomic E-state index is 12.4. The lowest BCUT2D eigenvalue weighted by atomic mass is 10.1. The van der Waals surface area contributed by atoms with E-state index >= 15 is 0 Å². The van der Waals surface area contributed by atoms with Gasteiger partial charge in [0.1, 0.15) is 16.8 Å². The minimum Gasteiger partial charge on any atom is -0.448 e. The number of aryl methyl sites for hydroxylation is 1. The van der Waals surface area contributed by atoms with Gasteiger partial charge in [-0.3, -0.25) is 9.59 Å². The number of amides is 2. The lowest BCUT2D eigenvalue weighted by Crippen LogP contribution is -2.35. The predicted octanol–water partition coefficient (Wildman–Crippen LogP) is 2.02. The monoisotopic (exact) mass is 388 g/mol. The molecule has 0 unspecified atom stereocenters. The van der Waals surface area contributed by atoms with E-state index in [-0.39, 0.29) is 24.5 Å². The van der Waals surface area contributed by atoms with Crippen LogP contribution in [0.5, 0.6) is 0 Å². The van der Waals surface area contributed by atoms with Gasteiger partial charge in [0.15, 0.2) is 6.10 Å². The van der Waals surface area contributed by atoms with Crippen molar-refractivity contribution in [2.45, 2.75) is 58.0 Å². The summed E-state index contributed by atoms with van der Waals surface area (Å²) in [5.74, 6) is -1.50. The Labute approximate surface area is 160 Å². The Hall–Kier alpha value is -2.73. The molecule has 0 bridgehead atoms. The van der Waals surface area contributed by atoms with E-state index in [4.69, 9.17) is 4.74 Å². The van der Waals surface area contributed by atoms with Crippen molar-refractivity contribution in [1.82, 2.24) is 5.43 Å². The van der Waals surface area contributed by atoms with Crippen LogP contribution in [0, 0.1) is 11.3 Å². The molecule has 1 aromatic rings. The first-order valence-corrected chi connectivity index (χ1v) is 9.73. The zero-order valence-electron chi connectivity index (χ0n) is 15.0. The average molecular weight is 388 g/mol. The summed E-state index contributed by atoms with van der Waals surface area (Å²) < 4.78 is 5.14. The van der Waals surface area contributed by atoms with Gasteiger partial charge < -0.3 is 10.1 Å². The summed E-state index contributed by atoms with van der Waals surface area (Å²) >= 11 is 1.43. The van der Waals surface area contributed by atoms with Gasteiger partial charge in [-0.15, -0.1) is 11.3 Å². The molecule has 1 aliphatic carbocycles. The van der Waals surface area contributed by atoms with Crippen LogP contribution in [0.4, 0.5) is 5.00 Å². The zero-order valence-corrected chi connectivity index (χ0v) is 15.8. The summed E-state index contributed by atoms with van der Waals surface area (Å²) in [4.78, 5) is 36.7. The van der Waals surface area contributed by atoms with Gasteiger partial charge in [-0.05, 0) is 38.2 Å². The molecular formula is C18H20N4O4S. The number of carbonyl (C=O) groups excluding carboxylic acids is 3. The molecule has 2 amide bonds. The highest BCUT2D eigenvalue weighted by atomic mass is 32.1. The number of nitrogens with zero attached hydrogens (tertiary/aromatic N) is 2. The number of hydrogen-bond donors (Lipinski definition) is 2. The quantitative estimate of drug-likeness (QED) is 0.604. The van der Waals surface area contributed by atoms with Gasteiger partial charge in [0.2, 0.25) is 5.91 Å². The second kappa shape index (κ2) is 8.31. The number of anilines is 1. The standard InChI is InChI=1S/C18H20N4O4S/c1-10(26-18(25)13-7-8-15(23)22-21-13)16(24)20-17-12(9-19)11-5-3-2-4-6-14(11)27-17/h10H,2-8H2,1H3,(H,20,24)(H,22,23)/t10-/m0/s1. The smallest absolute Gasteiger partial charge is 0.355 e. The fraction of sp³-hybridized carbons (Fsp3) is 0.500. The topological polar surface area (TPSA) is 121 Å². The molecule has 1 aliphatic heterocycles. The first kappa shape index (κ1) is 19.0. The Morgan fingerprint density at radius 3 is 2.74 bits per heavy atom. The van der Waals surface area contributed by atoms with Crippen molar-refractivity contribution in [1.29, 1.82) is 5.26 Å². The lowest BCUT2D eigenvalue weighted by molar-refractivity contribution is -0.146. The fourth-order valence-electron chi connectivity index (χ4n) is 3.07. The molecule has 2 heterocycles. The van der Waals surface area contributed by atoms with Crippen molar-refractivity contribution in [2.24, 2.45) is 5.10 Å². The summed E-state index contributed by atoms with van der Waals surface area (Å²) in [5, 5.41) is 16.4. The Bertz CT molecular complexity index is 852. The van der Waals surface area contributed by atoms with Gasteiger partial charge in [0.25, 0.3) is 5.91 Å². The van der Waals surface area contributed by atoms with Crippen LogP contribution in [0.1, 0.15) is 55.0 Å². The van der Waals surface area contributed by atoms with Crippen molar-refractivity contribution < 1.29 is 19.1 Å². The molecule has 3 rings (SSSR count). The molecule has 0 saturated carbocycles. The number of nitrogens with one attached hydrogen (secondary N) is 2. The molecule has 2 aliphatic rings. The summed E-state index contributed by atoms with van der Waals surface area (Å²) in [6, 6.07) is 2.20. The van der Waals surface area contributed by atoms with Gasteiger partial charge in [-0.2, -0.15) is 10.4 Å². The van der Waals surface area contributed by atoms with Gasteiger partial charge >= 0.3 is 5.97 Å². The largest absolute Gasteiger partial charge is 0.448 e. The van der Waals surface area contributed by atoms with Crippen LogP contribution < -0.4 is 10.7 Å². The summed E-state index contributed by atoms with van der Waals surface area (Å²) in [5.41, 5.74) is 3.85. The number of thiophene rings is 1. The van der Waals surface area contributed by atoms with Crippen LogP contribution in [0.3, 0.4) is 0 Å². The second-order valence-corrected chi connectivity index (χ2v) is 7.62. The molecule has 0 aromatic carbocycles. The summed E-state index contributed by atoms with van der Waals surface area (Å²) in [6.45, 7) is 1.46. The molecule has 0 spiro atoms. The lowest BCUT2D eigenvalue weighted by Gasteiger charge is -2.15. The SMILES string of the molecule is C[C@H](OC(=O)C1=NNC(=O)CC1)C(=O)Nc1sc2c(c1C#N)CCCCC2. The first-order valence-electron chi connectivity index (χ1n) is 8.91. The molecule has 1 aromatic heterocycles. The predicted molar refractivity (Wildman–Crippen MR) is 99.3 cm³/mol. The van der Waals surface area contributed by atoms with Crippen LogP contribution in [0.15, 0.2) is 5.10 Å². The Balaban J connectivity index is 1.66. The Kier molecular flexibility index (Phi) is 5.86. The molecule has 27 heavy (non-hydrogen) atoms. The van der Waals surface area contributed by atoms with Gasteiger partial charge in [0.05, 0.1) is 5.56 Å². The number of hydrogen-bond acceptors (Lipinski definition) is 7. The number of hydrazone groups is 1. The molecule has 0 saturated heterocycles. The molecule has 0 radical (unpaired) electrons. The maximum absolute atomic E-state index is 12.4. The minimum absolute atomic E-state index is 0.0785. The van der Waals surface area contributed by atoms with Crippen LogP contribution in [0.2, 0.25) is 0 Å². The highest BCUT2D eigenvalue weighted by Crippen LogP contribution is 2.37. The number of carbonyl (C=O) groups is 3. The third kappa shape index (κ3) is 4.34. The van der Waals surface area contributed by atoms with E-state index in [1.54, 1.807) is 0 Å². The molecule has 2 N–H and O–H groups in total. The van der Waals surface area contributed by atoms with Crippen LogP contribution in [-0.4, -0.2) is 29.6 Å². The molecule has 9 heteroatoms. The van der Waals surface area contributed by atoms with Crippen molar-refractivity contribution in [3.63, 3.8) is 0 Å². The van der Waals surface area contributed by atoms with E-state index in [1.807, 2.05) is 0 Å². The third-order valence-electron chi connectivity index (χ3n) is 4.56. The van der Waals surface area contributed by atoms with E-state index in [0.29, 0.717) is 10.6 Å². The van der Waals surface area contributed by atoms with Crippen molar-refractivity contribution in [2.75, 3.05) is 5.32 Å². The van der Waals surface area contributed by atoms with E-state index in [2.05, 4.69) is 21.9 Å². The van der Waals surface area contributed by atoms with Crippen LogP contribution >= 0.6 is 11.3 Å². The van der Waals surface area contributed by atoms with Gasteiger partial charge in [0, 0.05) is 17.7 Å². The number of rotatable bonds is 4. The summed E-state index contributed by atoms with van der Waals surface area (Å²) in [6.07, 6.45) is 4.31. The van der Waals surface area contributed by atoms with E-state index < -0.39 is 18.0 Å². The molecule has 8 nitrogen and oxygen atoms in total. The number of ether oxygens (including phenoxy) is 1. The van der Waals surface area contributed by atoms with Crippen LogP contribution in [-0.2, 0) is 32.0 Å². The number of fused-ring (bicyclic) bond motifs is 1.